The van der Waals surface area contributed by atoms with Crippen molar-refractivity contribution in [3.63, 3.8) is 0 Å². The van der Waals surface area contributed by atoms with E-state index in [-0.39, 0.29) is 12.1 Å². The van der Waals surface area contributed by atoms with Crippen LogP contribution >= 0.6 is 0 Å². The predicted octanol–water partition coefficient (Wildman–Crippen LogP) is 0.931. The van der Waals surface area contributed by atoms with E-state index in [1.54, 1.807) is 6.20 Å². The molecule has 0 amide bonds. The highest BCUT2D eigenvalue weighted by atomic mass is 16.3. The van der Waals surface area contributed by atoms with E-state index in [4.69, 9.17) is 5.11 Å². The Morgan fingerprint density at radius 2 is 2.27 bits per heavy atom. The number of aliphatic hydroxyl groups is 1. The molecule has 3 heteroatoms. The van der Waals surface area contributed by atoms with Crippen LogP contribution in [0.2, 0.25) is 0 Å². The lowest BCUT2D eigenvalue weighted by molar-refractivity contribution is 0.209. The molecule has 1 heterocycles. The lowest BCUT2D eigenvalue weighted by Crippen LogP contribution is -2.11. The Kier molecular flexibility index (Phi) is 2.00. The van der Waals surface area contributed by atoms with E-state index in [0.717, 1.165) is 5.69 Å². The van der Waals surface area contributed by atoms with Gasteiger partial charge in [0.05, 0.1) is 5.69 Å². The van der Waals surface area contributed by atoms with Crippen molar-refractivity contribution in [2.75, 3.05) is 0 Å². The molecule has 0 unspecified atom stereocenters. The molecule has 1 radical (unpaired) electrons. The Hall–Kier alpha value is -0.830. The summed E-state index contributed by atoms with van der Waals surface area (Å²) in [6.45, 7) is 6.17. The summed E-state index contributed by atoms with van der Waals surface area (Å²) in [4.78, 5) is 4.04. The molecule has 11 heavy (non-hydrogen) atoms. The van der Waals surface area contributed by atoms with Gasteiger partial charge in [-0.15, -0.1) is 0 Å². The van der Waals surface area contributed by atoms with Crippen LogP contribution in [0, 0.1) is 6.33 Å². The topological polar surface area (TPSA) is 38.0 Å². The molecule has 0 saturated heterocycles. The molecule has 1 rings (SSSR count). The first-order valence-corrected chi connectivity index (χ1v) is 3.60. The molecule has 0 aliphatic heterocycles. The summed E-state index contributed by atoms with van der Waals surface area (Å²) < 4.78 is 1.53. The molecule has 0 aliphatic rings. The summed E-state index contributed by atoms with van der Waals surface area (Å²) in [5.41, 5.74) is 0.989. The summed E-state index contributed by atoms with van der Waals surface area (Å²) in [6, 6.07) is 0. The maximum absolute atomic E-state index is 8.71. The quantitative estimate of drug-likeness (QED) is 0.651. The van der Waals surface area contributed by atoms with Crippen LogP contribution in [0.3, 0.4) is 0 Å². The van der Waals surface area contributed by atoms with E-state index in [9.17, 15) is 0 Å². The van der Waals surface area contributed by atoms with Crippen LogP contribution in [-0.4, -0.2) is 14.7 Å². The maximum atomic E-state index is 8.71. The van der Waals surface area contributed by atoms with E-state index < -0.39 is 0 Å². The summed E-state index contributed by atoms with van der Waals surface area (Å²) in [5, 5.41) is 8.71. The SMILES string of the molecule is CC(C)(C)c1cn(CO)[c]n1. The Morgan fingerprint density at radius 1 is 1.64 bits per heavy atom. The van der Waals surface area contributed by atoms with Crippen LogP contribution in [0.4, 0.5) is 0 Å². The van der Waals surface area contributed by atoms with Crippen molar-refractivity contribution in [1.29, 1.82) is 0 Å². The largest absolute Gasteiger partial charge is 0.376 e. The van der Waals surface area contributed by atoms with Gasteiger partial charge in [0.15, 0.2) is 6.33 Å². The van der Waals surface area contributed by atoms with Gasteiger partial charge in [0, 0.05) is 11.6 Å². The van der Waals surface area contributed by atoms with Crippen LogP contribution in [0.15, 0.2) is 6.20 Å². The van der Waals surface area contributed by atoms with Crippen molar-refractivity contribution in [2.24, 2.45) is 0 Å². The lowest BCUT2D eigenvalue weighted by atomic mass is 9.93. The number of rotatable bonds is 1. The van der Waals surface area contributed by atoms with Crippen LogP contribution in [0.5, 0.6) is 0 Å². The second kappa shape index (κ2) is 2.66. The minimum absolute atomic E-state index is 0.0386. The summed E-state index contributed by atoms with van der Waals surface area (Å²) in [7, 11) is 0. The van der Waals surface area contributed by atoms with Gasteiger partial charge in [-0.3, -0.25) is 0 Å². The number of aliphatic hydroxyl groups excluding tert-OH is 1. The van der Waals surface area contributed by atoms with E-state index >= 15 is 0 Å². The van der Waals surface area contributed by atoms with Gasteiger partial charge < -0.3 is 9.67 Å². The van der Waals surface area contributed by atoms with Gasteiger partial charge in [-0.25, -0.2) is 4.98 Å². The first kappa shape index (κ1) is 8.27. The summed E-state index contributed by atoms with van der Waals surface area (Å²) in [5.74, 6) is 0. The second-order valence-electron chi connectivity index (χ2n) is 3.59. The van der Waals surface area contributed by atoms with Gasteiger partial charge in [0.25, 0.3) is 0 Å². The van der Waals surface area contributed by atoms with Crippen LogP contribution in [0.1, 0.15) is 26.5 Å². The molecule has 1 N–H and O–H groups in total. The van der Waals surface area contributed by atoms with Gasteiger partial charge in [0.1, 0.15) is 6.73 Å². The fourth-order valence-corrected chi connectivity index (χ4v) is 0.757. The zero-order chi connectivity index (χ0) is 8.48. The molecule has 0 saturated carbocycles. The zero-order valence-corrected chi connectivity index (χ0v) is 7.13. The zero-order valence-electron chi connectivity index (χ0n) is 7.13. The third-order valence-electron chi connectivity index (χ3n) is 1.50. The highest BCUT2D eigenvalue weighted by Gasteiger charge is 2.16. The van der Waals surface area contributed by atoms with Crippen molar-refractivity contribution in [2.45, 2.75) is 32.9 Å². The molecule has 61 valence electrons. The fraction of sp³-hybridized carbons (Fsp3) is 0.625. The number of hydrogen-bond acceptors (Lipinski definition) is 2. The number of imidazole rings is 1. The first-order valence-electron chi connectivity index (χ1n) is 3.60. The van der Waals surface area contributed by atoms with Crippen molar-refractivity contribution in [3.05, 3.63) is 18.2 Å². The average molecular weight is 153 g/mol. The van der Waals surface area contributed by atoms with Crippen LogP contribution in [-0.2, 0) is 12.1 Å². The smallest absolute Gasteiger partial charge is 0.178 e. The van der Waals surface area contributed by atoms with Crippen molar-refractivity contribution in [3.8, 4) is 0 Å². The molecular formula is C8H13N2O. The van der Waals surface area contributed by atoms with Gasteiger partial charge in [-0.1, -0.05) is 20.8 Å². The van der Waals surface area contributed by atoms with Crippen molar-refractivity contribution in [1.82, 2.24) is 9.55 Å². The Balaban J connectivity index is 2.89. The molecule has 0 atom stereocenters. The number of aromatic nitrogens is 2. The van der Waals surface area contributed by atoms with Crippen LogP contribution < -0.4 is 0 Å². The summed E-state index contributed by atoms with van der Waals surface area (Å²) >= 11 is 0. The molecule has 1 aromatic rings. The van der Waals surface area contributed by atoms with Gasteiger partial charge >= 0.3 is 0 Å². The molecule has 1 aromatic heterocycles. The maximum Gasteiger partial charge on any atom is 0.178 e. The molecule has 0 spiro atoms. The molecule has 0 fully saturated rings. The highest BCUT2D eigenvalue weighted by molar-refractivity contribution is 5.08. The third-order valence-corrected chi connectivity index (χ3v) is 1.50. The normalized spacial score (nSPS) is 12.0. The molecule has 3 nitrogen and oxygen atoms in total. The van der Waals surface area contributed by atoms with Gasteiger partial charge in [-0.2, -0.15) is 0 Å². The first-order chi connectivity index (χ1) is 5.04. The average Bonchev–Trinajstić information content (AvgIpc) is 2.32. The number of nitrogens with zero attached hydrogens (tertiary/aromatic N) is 2. The molecule has 0 bridgehead atoms. The van der Waals surface area contributed by atoms with Gasteiger partial charge in [-0.05, 0) is 0 Å². The van der Waals surface area contributed by atoms with Crippen molar-refractivity contribution >= 4 is 0 Å². The Labute approximate surface area is 66.7 Å². The van der Waals surface area contributed by atoms with E-state index in [0.29, 0.717) is 0 Å². The van der Waals surface area contributed by atoms with E-state index in [1.165, 1.54) is 4.57 Å². The lowest BCUT2D eigenvalue weighted by Gasteiger charge is -2.13. The van der Waals surface area contributed by atoms with Gasteiger partial charge in [0.2, 0.25) is 0 Å². The Bertz CT molecular complexity index is 234. The van der Waals surface area contributed by atoms with Crippen molar-refractivity contribution < 1.29 is 5.11 Å². The van der Waals surface area contributed by atoms with Crippen LogP contribution in [0.25, 0.3) is 0 Å². The molecule has 0 aliphatic carbocycles. The standard InChI is InChI=1S/C8H13N2O/c1-8(2,3)7-4-10(6-11)5-9-7/h4,11H,6H2,1-3H3. The fourth-order valence-electron chi connectivity index (χ4n) is 0.757. The number of hydrogen-bond donors (Lipinski definition) is 1. The van der Waals surface area contributed by atoms with E-state index in [2.05, 4.69) is 32.1 Å². The summed E-state index contributed by atoms with van der Waals surface area (Å²) in [6.07, 6.45) is 4.48. The highest BCUT2D eigenvalue weighted by Crippen LogP contribution is 2.18. The predicted molar refractivity (Wildman–Crippen MR) is 42.0 cm³/mol. The monoisotopic (exact) mass is 153 g/mol. The van der Waals surface area contributed by atoms with E-state index in [1.807, 2.05) is 0 Å². The minimum Gasteiger partial charge on any atom is -0.376 e. The molecule has 0 aromatic carbocycles. The minimum atomic E-state index is -0.0525. The molecular weight excluding hydrogens is 140 g/mol. The third kappa shape index (κ3) is 1.80. The Morgan fingerprint density at radius 3 is 2.55 bits per heavy atom. The second-order valence-corrected chi connectivity index (χ2v) is 3.59.